The van der Waals surface area contributed by atoms with Crippen LogP contribution in [0.3, 0.4) is 0 Å². The van der Waals surface area contributed by atoms with Crippen LogP contribution in [-0.4, -0.2) is 44.3 Å². The summed E-state index contributed by atoms with van der Waals surface area (Å²) in [6.45, 7) is 3.24. The van der Waals surface area contributed by atoms with E-state index < -0.39 is 5.41 Å². The van der Waals surface area contributed by atoms with Crippen molar-refractivity contribution in [3.8, 4) is 5.75 Å². The Morgan fingerprint density at radius 2 is 1.91 bits per heavy atom. The first-order valence-electron chi connectivity index (χ1n) is 12.1. The number of hydrogen-bond acceptors (Lipinski definition) is 7. The molecule has 3 aliphatic heterocycles. The van der Waals surface area contributed by atoms with Gasteiger partial charge in [0.1, 0.15) is 11.6 Å². The average molecular weight is 470 g/mol. The maximum atomic E-state index is 13.0. The third-order valence-corrected chi connectivity index (χ3v) is 7.90. The van der Waals surface area contributed by atoms with Gasteiger partial charge in [-0.1, -0.05) is 18.2 Å². The number of anilines is 3. The van der Waals surface area contributed by atoms with E-state index in [1.165, 1.54) is 11.1 Å². The molecule has 0 radical (unpaired) electrons. The van der Waals surface area contributed by atoms with E-state index in [0.717, 1.165) is 66.8 Å². The molecule has 2 aromatic carbocycles. The number of nitrogens with zero attached hydrogens (tertiary/aromatic N) is 2. The molecule has 8 heteroatoms. The number of fused-ring (bicyclic) bond motifs is 3. The van der Waals surface area contributed by atoms with Crippen LogP contribution in [-0.2, 0) is 14.9 Å². The van der Waals surface area contributed by atoms with Crippen LogP contribution >= 0.6 is 0 Å². The Bertz CT molecular complexity index is 1320. The van der Waals surface area contributed by atoms with Crippen molar-refractivity contribution in [2.75, 3.05) is 49.1 Å². The first-order chi connectivity index (χ1) is 17.2. The quantitative estimate of drug-likeness (QED) is 0.540. The zero-order chi connectivity index (χ0) is 23.6. The van der Waals surface area contributed by atoms with Crippen molar-refractivity contribution in [3.05, 3.63) is 77.0 Å². The molecule has 1 aliphatic carbocycles. The fourth-order valence-electron chi connectivity index (χ4n) is 5.89. The number of hydrazine groups is 1. The van der Waals surface area contributed by atoms with E-state index in [1.54, 1.807) is 7.11 Å². The minimum atomic E-state index is -0.497. The van der Waals surface area contributed by atoms with E-state index in [4.69, 9.17) is 14.5 Å². The van der Waals surface area contributed by atoms with Crippen LogP contribution in [0.4, 0.5) is 17.2 Å². The number of amides is 1. The lowest BCUT2D eigenvalue weighted by Crippen LogP contribution is -2.36. The molecule has 3 aromatic rings. The van der Waals surface area contributed by atoms with Crippen molar-refractivity contribution in [1.82, 2.24) is 10.4 Å². The second kappa shape index (κ2) is 7.69. The smallest absolute Gasteiger partial charge is 0.235 e. The summed E-state index contributed by atoms with van der Waals surface area (Å²) in [7, 11) is 1.66. The maximum Gasteiger partial charge on any atom is 0.235 e. The number of nitrogens with one attached hydrogen (secondary N) is 3. The van der Waals surface area contributed by atoms with Gasteiger partial charge in [-0.15, -0.1) is 0 Å². The molecule has 1 aromatic heterocycles. The summed E-state index contributed by atoms with van der Waals surface area (Å²) in [4.78, 5) is 20.0. The van der Waals surface area contributed by atoms with Gasteiger partial charge in [-0.3, -0.25) is 4.79 Å². The van der Waals surface area contributed by atoms with Gasteiger partial charge >= 0.3 is 0 Å². The summed E-state index contributed by atoms with van der Waals surface area (Å²) in [5.74, 6) is 2.00. The van der Waals surface area contributed by atoms with Gasteiger partial charge in [-0.2, -0.15) is 0 Å². The van der Waals surface area contributed by atoms with Gasteiger partial charge in [-0.05, 0) is 59.0 Å². The molecule has 8 nitrogen and oxygen atoms in total. The predicted molar refractivity (Wildman–Crippen MR) is 133 cm³/mol. The number of benzene rings is 2. The van der Waals surface area contributed by atoms with E-state index in [-0.39, 0.29) is 17.9 Å². The van der Waals surface area contributed by atoms with Crippen LogP contribution in [0, 0.1) is 0 Å². The molecule has 4 aliphatic rings. The molecule has 35 heavy (non-hydrogen) atoms. The lowest BCUT2D eigenvalue weighted by atomic mass is 9.90. The third kappa shape index (κ3) is 3.13. The van der Waals surface area contributed by atoms with E-state index in [1.807, 2.05) is 24.4 Å². The van der Waals surface area contributed by atoms with Crippen molar-refractivity contribution < 1.29 is 14.3 Å². The molecule has 1 saturated heterocycles. The monoisotopic (exact) mass is 469 g/mol. The Morgan fingerprint density at radius 3 is 2.71 bits per heavy atom. The fraction of sp³-hybridized carbons (Fsp3) is 0.333. The van der Waals surface area contributed by atoms with Crippen molar-refractivity contribution in [2.24, 2.45) is 0 Å². The second-order valence-electron chi connectivity index (χ2n) is 9.69. The van der Waals surface area contributed by atoms with Crippen LogP contribution in [0.2, 0.25) is 0 Å². The average Bonchev–Trinajstić information content (AvgIpc) is 3.44. The van der Waals surface area contributed by atoms with Crippen molar-refractivity contribution >= 4 is 23.1 Å². The fourth-order valence-corrected chi connectivity index (χ4v) is 5.89. The molecule has 7 rings (SSSR count). The zero-order valence-electron chi connectivity index (χ0n) is 19.5. The first kappa shape index (κ1) is 20.7. The Kier molecular flexibility index (Phi) is 4.56. The number of hydrogen-bond donors (Lipinski definition) is 3. The molecule has 2 fully saturated rings. The van der Waals surface area contributed by atoms with Crippen LogP contribution in [0.1, 0.15) is 40.6 Å². The van der Waals surface area contributed by atoms with Crippen molar-refractivity contribution in [3.63, 3.8) is 0 Å². The lowest BCUT2D eigenvalue weighted by molar-refractivity contribution is -0.118. The van der Waals surface area contributed by atoms with Gasteiger partial charge in [0, 0.05) is 30.9 Å². The highest BCUT2D eigenvalue weighted by molar-refractivity contribution is 6.10. The molecule has 3 unspecified atom stereocenters. The maximum absolute atomic E-state index is 13.0. The van der Waals surface area contributed by atoms with Crippen LogP contribution in [0.15, 0.2) is 54.7 Å². The summed E-state index contributed by atoms with van der Waals surface area (Å²) in [5.41, 5.74) is 12.7. The second-order valence-corrected chi connectivity index (χ2v) is 9.69. The number of carbonyl (C=O) groups excluding carboxylic acids is 1. The predicted octanol–water partition coefficient (Wildman–Crippen LogP) is 3.32. The Labute approximate surface area is 203 Å². The summed E-state index contributed by atoms with van der Waals surface area (Å²) in [6, 6.07) is 16.6. The minimum absolute atomic E-state index is 0.0261. The Morgan fingerprint density at radius 1 is 1.06 bits per heavy atom. The highest BCUT2D eigenvalue weighted by Gasteiger charge is 2.65. The van der Waals surface area contributed by atoms with Gasteiger partial charge in [0.2, 0.25) is 5.91 Å². The number of ether oxygens (including phenoxy) is 2. The van der Waals surface area contributed by atoms with Crippen LogP contribution in [0.25, 0.3) is 0 Å². The van der Waals surface area contributed by atoms with Crippen molar-refractivity contribution in [2.45, 2.75) is 23.8 Å². The largest absolute Gasteiger partial charge is 0.497 e. The number of carbonyl (C=O) groups is 1. The summed E-state index contributed by atoms with van der Waals surface area (Å²) in [6.07, 6.45) is 2.76. The highest BCUT2D eigenvalue weighted by Crippen LogP contribution is 2.65. The van der Waals surface area contributed by atoms with Gasteiger partial charge in [-0.25, -0.2) is 10.4 Å². The highest BCUT2D eigenvalue weighted by atomic mass is 16.5. The van der Waals surface area contributed by atoms with Gasteiger partial charge in [0.25, 0.3) is 0 Å². The molecule has 1 saturated carbocycles. The Hall–Kier alpha value is -3.62. The number of pyridine rings is 1. The minimum Gasteiger partial charge on any atom is -0.497 e. The summed E-state index contributed by atoms with van der Waals surface area (Å²) < 4.78 is 10.9. The number of aromatic nitrogens is 1. The number of rotatable bonds is 4. The van der Waals surface area contributed by atoms with Crippen LogP contribution in [0.5, 0.6) is 5.75 Å². The van der Waals surface area contributed by atoms with Gasteiger partial charge in [0.15, 0.2) is 0 Å². The summed E-state index contributed by atoms with van der Waals surface area (Å²) >= 11 is 0. The summed E-state index contributed by atoms with van der Waals surface area (Å²) in [5, 5.41) is 3.07. The first-order valence-corrected chi connectivity index (χ1v) is 12.1. The Balaban J connectivity index is 1.14. The SMILES string of the molecule is COc1ccc2c(c1)C1(CC1c1ccc3c(c1)NNC3c1ccc(N3CCOCC3)nc1)C(=O)N2. The normalized spacial score (nSPS) is 26.2. The molecular formula is C27H27N5O3. The molecule has 3 atom stereocenters. The topological polar surface area (TPSA) is 87.8 Å². The number of methoxy groups -OCH3 is 1. The standard InChI is InChI=1S/C27H27N5O3/c1-34-18-4-6-22-20(13-18)27(26(33)29-22)14-21(27)16-2-5-19-23(12-16)30-31-25(19)17-3-7-24(28-15-17)32-8-10-35-11-9-32/h2-7,12-13,15,21,25,30-31H,8-11,14H2,1H3,(H,29,33). The van der Waals surface area contributed by atoms with E-state index in [2.05, 4.69) is 51.4 Å². The number of morpholine rings is 1. The van der Waals surface area contributed by atoms with E-state index >= 15 is 0 Å². The zero-order valence-corrected chi connectivity index (χ0v) is 19.5. The third-order valence-electron chi connectivity index (χ3n) is 7.90. The molecule has 178 valence electrons. The molecule has 1 spiro atoms. The molecule has 0 bridgehead atoms. The molecular weight excluding hydrogens is 442 g/mol. The lowest BCUT2D eigenvalue weighted by Gasteiger charge is -2.28. The molecule has 4 heterocycles. The van der Waals surface area contributed by atoms with Gasteiger partial charge in [0.05, 0.1) is 37.5 Å². The molecule has 3 N–H and O–H groups in total. The van der Waals surface area contributed by atoms with Gasteiger partial charge < -0.3 is 25.1 Å². The van der Waals surface area contributed by atoms with E-state index in [0.29, 0.717) is 0 Å². The van der Waals surface area contributed by atoms with E-state index in [9.17, 15) is 4.79 Å². The molecule has 1 amide bonds. The van der Waals surface area contributed by atoms with Crippen molar-refractivity contribution in [1.29, 1.82) is 0 Å². The van der Waals surface area contributed by atoms with Crippen LogP contribution < -0.4 is 25.8 Å².